The molecule has 0 radical (unpaired) electrons. The van der Waals surface area contributed by atoms with Gasteiger partial charge in [0.05, 0.1) is 16.6 Å². The first-order valence-corrected chi connectivity index (χ1v) is 6.96. The Bertz CT molecular complexity index is 836. The number of aryl methyl sites for hydroxylation is 1. The highest BCUT2D eigenvalue weighted by atomic mass is 15.1. The first kappa shape index (κ1) is 13.1. The second-order valence-corrected chi connectivity index (χ2v) is 4.75. The average molecular weight is 273 g/mol. The van der Waals surface area contributed by atoms with E-state index in [1.807, 2.05) is 60.7 Å². The number of hydrogen-bond acceptors (Lipinski definition) is 2. The zero-order valence-corrected chi connectivity index (χ0v) is 11.8. The van der Waals surface area contributed by atoms with Gasteiger partial charge in [-0.05, 0) is 30.7 Å². The van der Waals surface area contributed by atoms with Gasteiger partial charge in [-0.3, -0.25) is 0 Å². The third-order valence-corrected chi connectivity index (χ3v) is 3.44. The topological polar surface area (TPSA) is 41.6 Å². The highest BCUT2D eigenvalue weighted by molar-refractivity contribution is 5.90. The lowest BCUT2D eigenvalue weighted by Crippen LogP contribution is -2.00. The monoisotopic (exact) mass is 273 g/mol. The molecule has 21 heavy (non-hydrogen) atoms. The molecule has 0 fully saturated rings. The van der Waals surface area contributed by atoms with E-state index in [0.29, 0.717) is 5.57 Å². The molecular weight excluding hydrogens is 258 g/mol. The molecule has 0 saturated carbocycles. The van der Waals surface area contributed by atoms with E-state index in [2.05, 4.69) is 22.5 Å². The number of fused-ring (bicyclic) bond motifs is 1. The van der Waals surface area contributed by atoms with Gasteiger partial charge in [-0.25, -0.2) is 4.98 Å². The zero-order valence-electron chi connectivity index (χ0n) is 11.8. The molecule has 0 aliphatic carbocycles. The molecule has 0 unspecified atom stereocenters. The third-order valence-electron chi connectivity index (χ3n) is 3.44. The summed E-state index contributed by atoms with van der Waals surface area (Å²) < 4.78 is 2.08. The van der Waals surface area contributed by atoms with Gasteiger partial charge >= 0.3 is 0 Å². The summed E-state index contributed by atoms with van der Waals surface area (Å²) in [5.41, 5.74) is 3.57. The van der Waals surface area contributed by atoms with Crippen molar-refractivity contribution in [2.75, 3.05) is 0 Å². The van der Waals surface area contributed by atoms with Crippen LogP contribution in [0.15, 0.2) is 54.6 Å². The Hall–Kier alpha value is -2.86. The number of allylic oxidation sites excluding steroid dienone is 1. The molecule has 0 spiro atoms. The number of nitrogens with zero attached hydrogens (tertiary/aromatic N) is 3. The fourth-order valence-electron chi connectivity index (χ4n) is 2.46. The van der Waals surface area contributed by atoms with E-state index < -0.39 is 0 Å². The molecule has 0 saturated heterocycles. The molecule has 3 heteroatoms. The second kappa shape index (κ2) is 5.64. The van der Waals surface area contributed by atoms with Gasteiger partial charge in [-0.2, -0.15) is 5.26 Å². The number of aromatic nitrogens is 2. The Morgan fingerprint density at radius 1 is 1.14 bits per heavy atom. The zero-order chi connectivity index (χ0) is 14.7. The van der Waals surface area contributed by atoms with Crippen LogP contribution in [-0.2, 0) is 6.54 Å². The lowest BCUT2D eigenvalue weighted by atomic mass is 10.1. The van der Waals surface area contributed by atoms with Crippen LogP contribution in [0.25, 0.3) is 22.7 Å². The average Bonchev–Trinajstić information content (AvgIpc) is 2.92. The first-order chi connectivity index (χ1) is 10.3. The molecule has 102 valence electrons. The van der Waals surface area contributed by atoms with Crippen molar-refractivity contribution in [1.82, 2.24) is 9.55 Å². The summed E-state index contributed by atoms with van der Waals surface area (Å²) in [6, 6.07) is 20.1. The van der Waals surface area contributed by atoms with Gasteiger partial charge in [0.2, 0.25) is 0 Å². The normalized spacial score (nSPS) is 11.5. The minimum Gasteiger partial charge on any atom is -0.324 e. The molecule has 2 aromatic carbocycles. The van der Waals surface area contributed by atoms with Crippen molar-refractivity contribution in [3.05, 3.63) is 66.0 Å². The Balaban J connectivity index is 2.18. The largest absolute Gasteiger partial charge is 0.324 e. The summed E-state index contributed by atoms with van der Waals surface area (Å²) in [6.45, 7) is 2.85. The quantitative estimate of drug-likeness (QED) is 0.673. The van der Waals surface area contributed by atoms with Crippen molar-refractivity contribution in [1.29, 1.82) is 5.26 Å². The van der Waals surface area contributed by atoms with E-state index in [1.165, 1.54) is 0 Å². The van der Waals surface area contributed by atoms with Crippen LogP contribution in [0.4, 0.5) is 0 Å². The molecule has 3 rings (SSSR count). The van der Waals surface area contributed by atoms with Gasteiger partial charge in [0.1, 0.15) is 6.07 Å². The third kappa shape index (κ3) is 2.44. The maximum atomic E-state index is 9.51. The van der Waals surface area contributed by atoms with Gasteiger partial charge in [-0.15, -0.1) is 0 Å². The number of para-hydroxylation sites is 2. The van der Waals surface area contributed by atoms with Crippen LogP contribution in [0.1, 0.15) is 18.3 Å². The van der Waals surface area contributed by atoms with Crippen LogP contribution < -0.4 is 0 Å². The molecule has 0 N–H and O–H groups in total. The fourth-order valence-corrected chi connectivity index (χ4v) is 2.46. The van der Waals surface area contributed by atoms with Crippen molar-refractivity contribution in [3.63, 3.8) is 0 Å². The van der Waals surface area contributed by atoms with Crippen LogP contribution in [0.2, 0.25) is 0 Å². The summed E-state index contributed by atoms with van der Waals surface area (Å²) in [5.74, 6) is 0.727. The highest BCUT2D eigenvalue weighted by Gasteiger charge is 2.13. The Kier molecular flexibility index (Phi) is 3.53. The highest BCUT2D eigenvalue weighted by Crippen LogP contribution is 2.23. The molecule has 0 aliphatic rings. The molecule has 0 bridgehead atoms. The van der Waals surface area contributed by atoms with E-state index in [-0.39, 0.29) is 0 Å². The summed E-state index contributed by atoms with van der Waals surface area (Å²) in [6.07, 6.45) is 1.88. The van der Waals surface area contributed by atoms with E-state index in [1.54, 1.807) is 0 Å². The summed E-state index contributed by atoms with van der Waals surface area (Å²) in [5, 5.41) is 9.51. The lowest BCUT2D eigenvalue weighted by molar-refractivity contribution is 0.775. The van der Waals surface area contributed by atoms with Crippen LogP contribution in [0.5, 0.6) is 0 Å². The van der Waals surface area contributed by atoms with Crippen molar-refractivity contribution >= 4 is 22.7 Å². The Labute approximate surface area is 123 Å². The maximum absolute atomic E-state index is 9.51. The Morgan fingerprint density at radius 2 is 1.86 bits per heavy atom. The fraction of sp³-hybridized carbons (Fsp3) is 0.111. The van der Waals surface area contributed by atoms with E-state index >= 15 is 0 Å². The summed E-state index contributed by atoms with van der Waals surface area (Å²) >= 11 is 0. The van der Waals surface area contributed by atoms with Gasteiger partial charge < -0.3 is 4.57 Å². The van der Waals surface area contributed by atoms with Crippen LogP contribution in [0, 0.1) is 11.3 Å². The van der Waals surface area contributed by atoms with Crippen LogP contribution in [-0.4, -0.2) is 9.55 Å². The van der Waals surface area contributed by atoms with Crippen molar-refractivity contribution < 1.29 is 0 Å². The Morgan fingerprint density at radius 3 is 2.57 bits per heavy atom. The smallest absolute Gasteiger partial charge is 0.151 e. The predicted octanol–water partition coefficient (Wildman–Crippen LogP) is 4.12. The van der Waals surface area contributed by atoms with Gasteiger partial charge in [-0.1, -0.05) is 42.5 Å². The number of rotatable bonds is 3. The van der Waals surface area contributed by atoms with Crippen molar-refractivity contribution in [3.8, 4) is 6.07 Å². The molecule has 3 nitrogen and oxygen atoms in total. The number of hydrogen-bond donors (Lipinski definition) is 0. The lowest BCUT2D eigenvalue weighted by Gasteiger charge is -2.04. The van der Waals surface area contributed by atoms with Gasteiger partial charge in [0.25, 0.3) is 0 Å². The predicted molar refractivity (Wildman–Crippen MR) is 85.3 cm³/mol. The maximum Gasteiger partial charge on any atom is 0.151 e. The minimum absolute atomic E-state index is 0.583. The van der Waals surface area contributed by atoms with E-state index in [4.69, 9.17) is 0 Å². The SMILES string of the molecule is CCn1c(/C(C#N)=C/c2ccccc2)nc2ccccc21. The standard InChI is InChI=1S/C18H15N3/c1-2-21-17-11-7-6-10-16(17)20-18(21)15(13-19)12-14-8-4-3-5-9-14/h3-12H,2H2,1H3/b15-12+. The summed E-state index contributed by atoms with van der Waals surface area (Å²) in [7, 11) is 0. The molecule has 0 atom stereocenters. The van der Waals surface area contributed by atoms with Crippen molar-refractivity contribution in [2.45, 2.75) is 13.5 Å². The summed E-state index contributed by atoms with van der Waals surface area (Å²) in [4.78, 5) is 4.62. The molecule has 3 aromatic rings. The van der Waals surface area contributed by atoms with Gasteiger partial charge in [0, 0.05) is 6.54 Å². The number of nitriles is 1. The molecule has 1 aromatic heterocycles. The molecular formula is C18H15N3. The van der Waals surface area contributed by atoms with E-state index in [0.717, 1.165) is 29.0 Å². The first-order valence-electron chi connectivity index (χ1n) is 6.96. The number of imidazole rings is 1. The van der Waals surface area contributed by atoms with Gasteiger partial charge in [0.15, 0.2) is 5.82 Å². The molecule has 0 aliphatic heterocycles. The van der Waals surface area contributed by atoms with Crippen LogP contribution >= 0.6 is 0 Å². The minimum atomic E-state index is 0.583. The number of benzene rings is 2. The molecule has 0 amide bonds. The van der Waals surface area contributed by atoms with Crippen LogP contribution in [0.3, 0.4) is 0 Å². The molecule has 1 heterocycles. The second-order valence-electron chi connectivity index (χ2n) is 4.75. The van der Waals surface area contributed by atoms with E-state index in [9.17, 15) is 5.26 Å². The van der Waals surface area contributed by atoms with Crippen molar-refractivity contribution in [2.24, 2.45) is 0 Å².